The van der Waals surface area contributed by atoms with Gasteiger partial charge in [-0.1, -0.05) is 32.9 Å². The van der Waals surface area contributed by atoms with Crippen LogP contribution in [-0.4, -0.2) is 17.9 Å². The minimum absolute atomic E-state index is 0.0287. The van der Waals surface area contributed by atoms with E-state index in [1.54, 1.807) is 0 Å². The highest BCUT2D eigenvalue weighted by Crippen LogP contribution is 2.20. The number of carbonyl (C=O) groups is 2. The molecule has 0 radical (unpaired) electrons. The van der Waals surface area contributed by atoms with E-state index in [1.807, 2.05) is 20.8 Å². The van der Waals surface area contributed by atoms with Crippen molar-refractivity contribution in [3.05, 3.63) is 35.6 Å². The smallest absolute Gasteiger partial charge is 0.408 e. The minimum atomic E-state index is -0.663. The molecule has 1 rings (SSSR count). The van der Waals surface area contributed by atoms with Gasteiger partial charge in [-0.25, -0.2) is 9.18 Å². The summed E-state index contributed by atoms with van der Waals surface area (Å²) < 4.78 is 17.7. The molecule has 1 atom stereocenters. The van der Waals surface area contributed by atoms with E-state index in [4.69, 9.17) is 4.74 Å². The van der Waals surface area contributed by atoms with Gasteiger partial charge < -0.3 is 10.1 Å². The van der Waals surface area contributed by atoms with Gasteiger partial charge in [0, 0.05) is 0 Å². The Morgan fingerprint density at radius 3 is 2.25 bits per heavy atom. The van der Waals surface area contributed by atoms with Gasteiger partial charge in [0.2, 0.25) is 0 Å². The normalized spacial score (nSPS) is 12.7. The number of hydrogen-bond acceptors (Lipinski definition) is 3. The van der Waals surface area contributed by atoms with E-state index >= 15 is 0 Å². The Morgan fingerprint density at radius 2 is 1.80 bits per heavy atom. The maximum atomic E-state index is 12.7. The molecule has 20 heavy (non-hydrogen) atoms. The fraction of sp³-hybridized carbons (Fsp3) is 0.467. The molecule has 0 aromatic heterocycles. The quantitative estimate of drug-likeness (QED) is 0.922. The van der Waals surface area contributed by atoms with Crippen LogP contribution in [0.15, 0.2) is 24.3 Å². The van der Waals surface area contributed by atoms with Crippen LogP contribution in [0.1, 0.15) is 33.3 Å². The van der Waals surface area contributed by atoms with Crippen LogP contribution in [0.4, 0.5) is 9.18 Å². The van der Waals surface area contributed by atoms with Gasteiger partial charge in [-0.2, -0.15) is 0 Å². The van der Waals surface area contributed by atoms with Crippen LogP contribution >= 0.6 is 0 Å². The van der Waals surface area contributed by atoms with Gasteiger partial charge in [-0.3, -0.25) is 4.79 Å². The van der Waals surface area contributed by atoms with Crippen molar-refractivity contribution in [2.24, 2.45) is 5.41 Å². The van der Waals surface area contributed by atoms with E-state index in [9.17, 15) is 14.0 Å². The molecule has 0 aliphatic heterocycles. The molecule has 0 saturated heterocycles. The molecule has 1 aromatic rings. The molecule has 0 fully saturated rings. The third kappa shape index (κ3) is 4.99. The summed E-state index contributed by atoms with van der Waals surface area (Å²) in [6, 6.07) is 5.06. The number of amides is 1. The highest BCUT2D eigenvalue weighted by Gasteiger charge is 2.30. The fourth-order valence-electron chi connectivity index (χ4n) is 1.82. The van der Waals surface area contributed by atoms with E-state index < -0.39 is 12.1 Å². The fourth-order valence-corrected chi connectivity index (χ4v) is 1.82. The minimum Gasteiger partial charge on any atom is -0.445 e. The lowest BCUT2D eigenvalue weighted by Gasteiger charge is -2.28. The van der Waals surface area contributed by atoms with E-state index in [2.05, 4.69) is 5.32 Å². The Hall–Kier alpha value is -1.91. The lowest BCUT2D eigenvalue weighted by molar-refractivity contribution is -0.121. The van der Waals surface area contributed by atoms with Crippen LogP contribution in [0, 0.1) is 11.2 Å². The third-order valence-corrected chi connectivity index (χ3v) is 2.82. The first kappa shape index (κ1) is 16.1. The Morgan fingerprint density at radius 1 is 1.25 bits per heavy atom. The first-order chi connectivity index (χ1) is 9.20. The zero-order valence-corrected chi connectivity index (χ0v) is 12.2. The Labute approximate surface area is 118 Å². The maximum Gasteiger partial charge on any atom is 0.408 e. The molecule has 0 heterocycles. The number of hydrogen-bond donors (Lipinski definition) is 1. The van der Waals surface area contributed by atoms with Gasteiger partial charge in [0.1, 0.15) is 12.4 Å². The second kappa shape index (κ2) is 6.50. The molecule has 1 N–H and O–H groups in total. The molecule has 0 saturated carbocycles. The van der Waals surface area contributed by atoms with Crippen molar-refractivity contribution >= 4 is 11.9 Å². The Kier molecular flexibility index (Phi) is 5.25. The standard InChI is InChI=1S/C15H20FNO3/c1-10(18)13(15(2,3)4)17-14(19)20-9-11-5-7-12(16)8-6-11/h5-8,13H,9H2,1-4H3,(H,17,19). The summed E-state index contributed by atoms with van der Waals surface area (Å²) in [6.07, 6.45) is -0.663. The summed E-state index contributed by atoms with van der Waals surface area (Å²) in [5.41, 5.74) is 0.289. The molecule has 0 aliphatic rings. The molecular weight excluding hydrogens is 261 g/mol. The van der Waals surface area contributed by atoms with Crippen molar-refractivity contribution in [3.8, 4) is 0 Å². The van der Waals surface area contributed by atoms with Crippen molar-refractivity contribution in [1.82, 2.24) is 5.32 Å². The molecular formula is C15H20FNO3. The third-order valence-electron chi connectivity index (χ3n) is 2.82. The summed E-state index contributed by atoms with van der Waals surface area (Å²) in [4.78, 5) is 23.2. The lowest BCUT2D eigenvalue weighted by Crippen LogP contribution is -2.48. The van der Waals surface area contributed by atoms with Gasteiger partial charge in [-0.15, -0.1) is 0 Å². The van der Waals surface area contributed by atoms with Crippen LogP contribution in [0.3, 0.4) is 0 Å². The highest BCUT2D eigenvalue weighted by molar-refractivity contribution is 5.86. The molecule has 4 nitrogen and oxygen atoms in total. The van der Waals surface area contributed by atoms with Crippen molar-refractivity contribution < 1.29 is 18.7 Å². The van der Waals surface area contributed by atoms with E-state index in [0.717, 1.165) is 0 Å². The van der Waals surface area contributed by atoms with Crippen molar-refractivity contribution in [1.29, 1.82) is 0 Å². The first-order valence-corrected chi connectivity index (χ1v) is 6.38. The molecule has 0 spiro atoms. The summed E-state index contributed by atoms with van der Waals surface area (Å²) >= 11 is 0. The second-order valence-corrected chi connectivity index (χ2v) is 5.76. The zero-order valence-electron chi connectivity index (χ0n) is 12.2. The van der Waals surface area contributed by atoms with Crippen molar-refractivity contribution in [2.75, 3.05) is 0 Å². The lowest BCUT2D eigenvalue weighted by atomic mass is 9.85. The average Bonchev–Trinajstić information content (AvgIpc) is 2.33. The molecule has 110 valence electrons. The average molecular weight is 281 g/mol. The zero-order chi connectivity index (χ0) is 15.3. The number of benzene rings is 1. The number of carbonyl (C=O) groups excluding carboxylic acids is 2. The van der Waals surface area contributed by atoms with Crippen LogP contribution in [0.25, 0.3) is 0 Å². The Balaban J connectivity index is 2.54. The predicted molar refractivity (Wildman–Crippen MR) is 73.6 cm³/mol. The number of halogens is 1. The van der Waals surface area contributed by atoms with Gasteiger partial charge in [0.05, 0.1) is 6.04 Å². The summed E-state index contributed by atoms with van der Waals surface area (Å²) in [5.74, 6) is -0.473. The largest absolute Gasteiger partial charge is 0.445 e. The number of ketones is 1. The van der Waals surface area contributed by atoms with Crippen LogP contribution in [0.5, 0.6) is 0 Å². The van der Waals surface area contributed by atoms with Gasteiger partial charge >= 0.3 is 6.09 Å². The maximum absolute atomic E-state index is 12.7. The molecule has 0 aliphatic carbocycles. The van der Waals surface area contributed by atoms with E-state index in [1.165, 1.54) is 31.2 Å². The number of Topliss-reactive ketones (excluding diaryl/α,β-unsaturated/α-hetero) is 1. The number of ether oxygens (including phenoxy) is 1. The van der Waals surface area contributed by atoms with Gasteiger partial charge in [0.15, 0.2) is 5.78 Å². The molecule has 0 bridgehead atoms. The van der Waals surface area contributed by atoms with Crippen LogP contribution in [-0.2, 0) is 16.1 Å². The van der Waals surface area contributed by atoms with Crippen molar-refractivity contribution in [2.45, 2.75) is 40.3 Å². The molecule has 5 heteroatoms. The van der Waals surface area contributed by atoms with Crippen molar-refractivity contribution in [3.63, 3.8) is 0 Å². The number of rotatable bonds is 4. The van der Waals surface area contributed by atoms with E-state index in [-0.39, 0.29) is 23.6 Å². The summed E-state index contributed by atoms with van der Waals surface area (Å²) in [5, 5.41) is 2.55. The van der Waals surface area contributed by atoms with Gasteiger partial charge in [0.25, 0.3) is 0 Å². The number of alkyl carbamates (subject to hydrolysis) is 1. The second-order valence-electron chi connectivity index (χ2n) is 5.76. The van der Waals surface area contributed by atoms with Crippen LogP contribution < -0.4 is 5.32 Å². The molecule has 1 amide bonds. The van der Waals surface area contributed by atoms with Crippen LogP contribution in [0.2, 0.25) is 0 Å². The van der Waals surface area contributed by atoms with Gasteiger partial charge in [-0.05, 0) is 30.0 Å². The highest BCUT2D eigenvalue weighted by atomic mass is 19.1. The topological polar surface area (TPSA) is 55.4 Å². The SMILES string of the molecule is CC(=O)C(NC(=O)OCc1ccc(F)cc1)C(C)(C)C. The Bertz CT molecular complexity index is 477. The predicted octanol–water partition coefficient (Wildman–Crippen LogP) is 3.06. The first-order valence-electron chi connectivity index (χ1n) is 6.38. The number of nitrogens with one attached hydrogen (secondary N) is 1. The molecule has 1 unspecified atom stereocenters. The monoisotopic (exact) mass is 281 g/mol. The molecule has 1 aromatic carbocycles. The summed E-state index contributed by atoms with van der Waals surface area (Å²) in [6.45, 7) is 7.04. The summed E-state index contributed by atoms with van der Waals surface area (Å²) in [7, 11) is 0. The van der Waals surface area contributed by atoms with E-state index in [0.29, 0.717) is 5.56 Å².